The summed E-state index contributed by atoms with van der Waals surface area (Å²) in [5.74, 6) is -2.85. The highest BCUT2D eigenvalue weighted by atomic mass is 79.9. The lowest BCUT2D eigenvalue weighted by Gasteiger charge is -2.13. The fraction of sp³-hybridized carbons (Fsp3) is 0.333. The first kappa shape index (κ1) is 15.6. The minimum atomic E-state index is -5.11. The summed E-state index contributed by atoms with van der Waals surface area (Å²) < 4.78 is 64.7. The Morgan fingerprint density at radius 1 is 1.47 bits per heavy atom. The van der Waals surface area contributed by atoms with Crippen LogP contribution in [0, 0.1) is 0 Å². The second-order valence-corrected chi connectivity index (χ2v) is 3.73. The van der Waals surface area contributed by atoms with Crippen molar-refractivity contribution in [2.45, 2.75) is 18.1 Å². The molecule has 10 heteroatoms. The summed E-state index contributed by atoms with van der Waals surface area (Å²) >= 11 is 2.80. The topological polar surface area (TPSA) is 59.4 Å². The molecule has 0 spiro atoms. The number of carboxylic acids is 1. The molecule has 1 rings (SSSR count). The third-order valence-electron chi connectivity index (χ3n) is 1.89. The summed E-state index contributed by atoms with van der Waals surface area (Å²) in [5, 5.41) is 8.55. The average Bonchev–Trinajstić information content (AvgIpc) is 2.24. The third kappa shape index (κ3) is 4.01. The number of aromatic nitrogens is 1. The Hall–Kier alpha value is -1.45. The van der Waals surface area contributed by atoms with Gasteiger partial charge in [0.15, 0.2) is 0 Å². The van der Waals surface area contributed by atoms with Crippen molar-refractivity contribution in [2.24, 2.45) is 0 Å². The molecule has 0 saturated carbocycles. The lowest BCUT2D eigenvalue weighted by atomic mass is 10.1. The van der Waals surface area contributed by atoms with E-state index in [-0.39, 0.29) is 10.9 Å². The molecule has 106 valence electrons. The van der Waals surface area contributed by atoms with Gasteiger partial charge in [-0.25, -0.2) is 18.6 Å². The number of pyridine rings is 1. The van der Waals surface area contributed by atoms with Gasteiger partial charge in [0, 0.05) is 11.4 Å². The monoisotopic (exact) mass is 349 g/mol. The number of aromatic carboxylic acids is 1. The minimum absolute atomic E-state index is 0.245. The highest BCUT2D eigenvalue weighted by molar-refractivity contribution is 9.08. The van der Waals surface area contributed by atoms with Crippen molar-refractivity contribution >= 4 is 21.9 Å². The molecule has 0 atom stereocenters. The van der Waals surface area contributed by atoms with Crippen LogP contribution in [0.1, 0.15) is 28.0 Å². The smallest absolute Gasteiger partial charge is 0.478 e. The van der Waals surface area contributed by atoms with Crippen molar-refractivity contribution < 1.29 is 36.6 Å². The molecule has 0 bridgehead atoms. The van der Waals surface area contributed by atoms with Gasteiger partial charge in [-0.3, -0.25) is 0 Å². The van der Waals surface area contributed by atoms with E-state index < -0.39 is 35.9 Å². The Morgan fingerprint density at radius 2 is 2.05 bits per heavy atom. The van der Waals surface area contributed by atoms with Gasteiger partial charge < -0.3 is 9.84 Å². The first-order chi connectivity index (χ1) is 8.65. The van der Waals surface area contributed by atoms with Crippen molar-refractivity contribution in [3.63, 3.8) is 0 Å². The van der Waals surface area contributed by atoms with E-state index in [1.807, 2.05) is 0 Å². The van der Waals surface area contributed by atoms with Crippen LogP contribution < -0.4 is 4.74 Å². The van der Waals surface area contributed by atoms with Gasteiger partial charge >= 0.3 is 12.3 Å². The normalized spacial score (nSPS) is 11.7. The Morgan fingerprint density at radius 3 is 2.42 bits per heavy atom. The first-order valence-electron chi connectivity index (χ1n) is 4.52. The van der Waals surface area contributed by atoms with E-state index in [9.17, 15) is 26.7 Å². The van der Waals surface area contributed by atoms with Crippen LogP contribution >= 0.6 is 15.9 Å². The molecule has 1 aromatic rings. The van der Waals surface area contributed by atoms with E-state index in [4.69, 9.17) is 5.11 Å². The van der Waals surface area contributed by atoms with Crippen LogP contribution in [0.3, 0.4) is 0 Å². The summed E-state index contributed by atoms with van der Waals surface area (Å²) in [5.41, 5.74) is -2.41. The number of carbonyl (C=O) groups is 1. The molecular weight excluding hydrogens is 345 g/mol. The molecular formula is C9H5BrF5NO3. The zero-order valence-corrected chi connectivity index (χ0v) is 10.4. The van der Waals surface area contributed by atoms with Gasteiger partial charge in [-0.05, 0) is 5.56 Å². The Kier molecular flexibility index (Phi) is 4.66. The van der Waals surface area contributed by atoms with Crippen LogP contribution in [0.5, 0.6) is 5.88 Å². The van der Waals surface area contributed by atoms with Crippen LogP contribution in [0.2, 0.25) is 0 Å². The lowest BCUT2D eigenvalue weighted by Crippen LogP contribution is -2.19. The summed E-state index contributed by atoms with van der Waals surface area (Å²) in [6.45, 7) is 0. The lowest BCUT2D eigenvalue weighted by molar-refractivity contribution is -0.276. The second-order valence-electron chi connectivity index (χ2n) is 3.17. The predicted molar refractivity (Wildman–Crippen MR) is 55.5 cm³/mol. The molecule has 0 fully saturated rings. The second kappa shape index (κ2) is 5.68. The Balaban J connectivity index is 3.40. The molecule has 0 unspecified atom stereocenters. The summed E-state index contributed by atoms with van der Waals surface area (Å²) in [6, 6.07) is 0.636. The van der Waals surface area contributed by atoms with E-state index in [1.165, 1.54) is 0 Å². The molecule has 0 aliphatic heterocycles. The van der Waals surface area contributed by atoms with Crippen LogP contribution in [-0.4, -0.2) is 22.4 Å². The molecule has 1 heterocycles. The van der Waals surface area contributed by atoms with Gasteiger partial charge in [-0.15, -0.1) is 13.2 Å². The molecule has 1 N–H and O–H groups in total. The largest absolute Gasteiger partial charge is 0.574 e. The van der Waals surface area contributed by atoms with Gasteiger partial charge in [-0.1, -0.05) is 15.9 Å². The average molecular weight is 350 g/mol. The van der Waals surface area contributed by atoms with Crippen molar-refractivity contribution in [1.29, 1.82) is 0 Å². The molecule has 0 aliphatic carbocycles. The first-order valence-corrected chi connectivity index (χ1v) is 5.64. The number of hydrogen-bond donors (Lipinski definition) is 1. The summed E-state index contributed by atoms with van der Waals surface area (Å²) in [4.78, 5) is 13.7. The number of alkyl halides is 6. The van der Waals surface area contributed by atoms with Crippen LogP contribution in [0.25, 0.3) is 0 Å². The van der Waals surface area contributed by atoms with Crippen molar-refractivity contribution in [2.75, 3.05) is 0 Å². The predicted octanol–water partition coefficient (Wildman–Crippen LogP) is 3.51. The van der Waals surface area contributed by atoms with Gasteiger partial charge in [0.25, 0.3) is 6.43 Å². The maximum Gasteiger partial charge on any atom is 0.574 e. The summed E-state index contributed by atoms with van der Waals surface area (Å²) in [6.07, 6.45) is -8.46. The van der Waals surface area contributed by atoms with Crippen molar-refractivity contribution in [1.82, 2.24) is 4.98 Å². The zero-order chi connectivity index (χ0) is 14.8. The van der Waals surface area contributed by atoms with E-state index in [0.29, 0.717) is 6.07 Å². The fourth-order valence-corrected chi connectivity index (χ4v) is 1.72. The number of hydrogen-bond acceptors (Lipinski definition) is 3. The standard InChI is InChI=1S/C9H5BrF5NO3/c10-2-3-1-4(19-9(13,14)15)16-6(7(11)12)5(3)8(17)18/h1,7H,2H2,(H,17,18). The molecule has 0 aromatic carbocycles. The number of ether oxygens (including phenoxy) is 1. The van der Waals surface area contributed by atoms with Crippen molar-refractivity contribution in [3.05, 3.63) is 22.9 Å². The van der Waals surface area contributed by atoms with Crippen LogP contribution in [0.4, 0.5) is 22.0 Å². The molecule has 0 radical (unpaired) electrons. The molecule has 19 heavy (non-hydrogen) atoms. The third-order valence-corrected chi connectivity index (χ3v) is 2.49. The fourth-order valence-electron chi connectivity index (χ4n) is 1.27. The molecule has 0 aliphatic rings. The van der Waals surface area contributed by atoms with Crippen LogP contribution in [-0.2, 0) is 5.33 Å². The number of halogens is 6. The Labute approximate surface area is 111 Å². The van der Waals surface area contributed by atoms with E-state index in [1.54, 1.807) is 0 Å². The highest BCUT2D eigenvalue weighted by Gasteiger charge is 2.33. The van der Waals surface area contributed by atoms with Crippen LogP contribution in [0.15, 0.2) is 6.07 Å². The number of rotatable bonds is 4. The van der Waals surface area contributed by atoms with E-state index in [2.05, 4.69) is 25.7 Å². The molecule has 0 amide bonds. The van der Waals surface area contributed by atoms with Gasteiger partial charge in [0.2, 0.25) is 5.88 Å². The van der Waals surface area contributed by atoms with Gasteiger partial charge in [0.1, 0.15) is 5.69 Å². The molecule has 4 nitrogen and oxygen atoms in total. The van der Waals surface area contributed by atoms with Gasteiger partial charge in [-0.2, -0.15) is 0 Å². The number of nitrogens with zero attached hydrogens (tertiary/aromatic N) is 1. The Bertz CT molecular complexity index is 491. The SMILES string of the molecule is O=C(O)c1c(CBr)cc(OC(F)(F)F)nc1C(F)F. The maximum absolute atomic E-state index is 12.6. The van der Waals surface area contributed by atoms with Crippen molar-refractivity contribution in [3.8, 4) is 5.88 Å². The highest BCUT2D eigenvalue weighted by Crippen LogP contribution is 2.30. The summed E-state index contributed by atoms with van der Waals surface area (Å²) in [7, 11) is 0. The molecule has 1 aromatic heterocycles. The maximum atomic E-state index is 12.6. The van der Waals surface area contributed by atoms with Gasteiger partial charge in [0.05, 0.1) is 5.56 Å². The quantitative estimate of drug-likeness (QED) is 0.667. The van der Waals surface area contributed by atoms with E-state index in [0.717, 1.165) is 0 Å². The minimum Gasteiger partial charge on any atom is -0.478 e. The van der Waals surface area contributed by atoms with E-state index >= 15 is 0 Å². The molecule has 0 saturated heterocycles. The zero-order valence-electron chi connectivity index (χ0n) is 8.84. The number of carboxylic acid groups (broad SMARTS) is 1.